The summed E-state index contributed by atoms with van der Waals surface area (Å²) in [6.45, 7) is 1.64. The Morgan fingerprint density at radius 1 is 1.14 bits per heavy atom. The number of hydrogen-bond donors (Lipinski definition) is 2. The van der Waals surface area contributed by atoms with Gasteiger partial charge in [0.1, 0.15) is 16.5 Å². The topological polar surface area (TPSA) is 71.1 Å². The van der Waals surface area contributed by atoms with Gasteiger partial charge in [0.15, 0.2) is 5.13 Å². The molecular weight excluding hydrogens is 451 g/mol. The lowest BCUT2D eigenvalue weighted by molar-refractivity contribution is 0.570. The predicted octanol–water partition coefficient (Wildman–Crippen LogP) is 5.70. The Labute approximate surface area is 174 Å². The first kappa shape index (κ1) is 20.8. The molecule has 3 aromatic rings. The van der Waals surface area contributed by atoms with Crippen LogP contribution >= 0.6 is 34.5 Å². The average molecular weight is 464 g/mol. The number of sulfonamides is 1. The molecule has 148 valence electrons. The summed E-state index contributed by atoms with van der Waals surface area (Å²) < 4.78 is 55.5. The maximum absolute atomic E-state index is 14.5. The monoisotopic (exact) mass is 463 g/mol. The lowest BCUT2D eigenvalue weighted by atomic mass is 10.1. The summed E-state index contributed by atoms with van der Waals surface area (Å²) in [6, 6.07) is 5.39. The van der Waals surface area contributed by atoms with Crippen molar-refractivity contribution in [1.29, 1.82) is 0 Å². The highest BCUT2D eigenvalue weighted by Crippen LogP contribution is 2.32. The fourth-order valence-corrected chi connectivity index (χ4v) is 4.78. The van der Waals surface area contributed by atoms with E-state index >= 15 is 0 Å². The Morgan fingerprint density at radius 3 is 2.57 bits per heavy atom. The summed E-state index contributed by atoms with van der Waals surface area (Å²) in [5, 5.41) is 4.84. The zero-order chi connectivity index (χ0) is 20.5. The van der Waals surface area contributed by atoms with E-state index in [2.05, 4.69) is 15.0 Å². The molecule has 0 bridgehead atoms. The van der Waals surface area contributed by atoms with Gasteiger partial charge in [-0.2, -0.15) is 0 Å². The minimum absolute atomic E-state index is 0.0461. The summed E-state index contributed by atoms with van der Waals surface area (Å²) in [5.74, 6) is -1.51. The van der Waals surface area contributed by atoms with Crippen LogP contribution in [0.2, 0.25) is 10.0 Å². The van der Waals surface area contributed by atoms with E-state index in [-0.39, 0.29) is 21.4 Å². The van der Waals surface area contributed by atoms with Crippen LogP contribution in [0, 0.1) is 11.6 Å². The molecule has 11 heteroatoms. The first-order valence-electron chi connectivity index (χ1n) is 7.80. The van der Waals surface area contributed by atoms with E-state index in [1.54, 1.807) is 12.3 Å². The van der Waals surface area contributed by atoms with Gasteiger partial charge in [0.05, 0.1) is 16.8 Å². The van der Waals surface area contributed by atoms with Crippen molar-refractivity contribution in [2.45, 2.75) is 17.9 Å². The Hall–Kier alpha value is -1.94. The van der Waals surface area contributed by atoms with Crippen LogP contribution in [0.5, 0.6) is 0 Å². The molecule has 2 aromatic carbocycles. The average Bonchev–Trinajstić information content (AvgIpc) is 3.11. The van der Waals surface area contributed by atoms with Crippen molar-refractivity contribution >= 4 is 55.4 Å². The molecule has 0 aliphatic heterocycles. The molecule has 28 heavy (non-hydrogen) atoms. The summed E-state index contributed by atoms with van der Waals surface area (Å²) in [5.41, 5.74) is 0.366. The van der Waals surface area contributed by atoms with Crippen LogP contribution in [-0.2, 0) is 10.0 Å². The Bertz CT molecular complexity index is 1110. The third-order valence-corrected chi connectivity index (χ3v) is 6.48. The van der Waals surface area contributed by atoms with E-state index in [0.29, 0.717) is 5.02 Å². The molecule has 5 nitrogen and oxygen atoms in total. The maximum atomic E-state index is 14.5. The number of anilines is 2. The van der Waals surface area contributed by atoms with Gasteiger partial charge in [-0.15, -0.1) is 11.3 Å². The molecule has 1 heterocycles. The fraction of sp³-hybridized carbons (Fsp3) is 0.118. The number of benzene rings is 2. The van der Waals surface area contributed by atoms with Gasteiger partial charge in [-0.3, -0.25) is 4.72 Å². The molecule has 1 unspecified atom stereocenters. The van der Waals surface area contributed by atoms with Crippen molar-refractivity contribution in [1.82, 2.24) is 4.98 Å². The van der Waals surface area contributed by atoms with Crippen LogP contribution in [0.15, 0.2) is 46.8 Å². The fourth-order valence-electron chi connectivity index (χ4n) is 2.45. The van der Waals surface area contributed by atoms with E-state index in [4.69, 9.17) is 23.2 Å². The van der Waals surface area contributed by atoms with Crippen molar-refractivity contribution in [3.8, 4) is 0 Å². The lowest BCUT2D eigenvalue weighted by Crippen LogP contribution is -2.15. The molecule has 0 saturated heterocycles. The highest BCUT2D eigenvalue weighted by Gasteiger charge is 2.23. The van der Waals surface area contributed by atoms with E-state index in [1.807, 2.05) is 0 Å². The summed E-state index contributed by atoms with van der Waals surface area (Å²) in [6.07, 6.45) is 1.41. The zero-order valence-electron chi connectivity index (χ0n) is 14.2. The second-order valence-corrected chi connectivity index (χ2v) is 9.13. The number of hydrogen-bond acceptors (Lipinski definition) is 5. The molecule has 0 saturated carbocycles. The van der Waals surface area contributed by atoms with E-state index in [1.165, 1.54) is 24.4 Å². The minimum atomic E-state index is -4.21. The van der Waals surface area contributed by atoms with Crippen molar-refractivity contribution in [3.05, 3.63) is 69.2 Å². The van der Waals surface area contributed by atoms with E-state index in [9.17, 15) is 17.2 Å². The molecular formula is C17H13Cl2F2N3O2S2. The number of aromatic nitrogens is 1. The third kappa shape index (κ3) is 4.54. The molecule has 1 atom stereocenters. The van der Waals surface area contributed by atoms with E-state index < -0.39 is 32.6 Å². The van der Waals surface area contributed by atoms with Gasteiger partial charge in [0.2, 0.25) is 0 Å². The maximum Gasteiger partial charge on any atom is 0.266 e. The van der Waals surface area contributed by atoms with Crippen molar-refractivity contribution in [2.75, 3.05) is 10.0 Å². The molecule has 0 aliphatic rings. The minimum Gasteiger partial charge on any atom is -0.377 e. The molecule has 0 aliphatic carbocycles. The highest BCUT2D eigenvalue weighted by atomic mass is 35.5. The Morgan fingerprint density at radius 2 is 1.89 bits per heavy atom. The Balaban J connectivity index is 1.88. The normalized spacial score (nSPS) is 12.6. The summed E-state index contributed by atoms with van der Waals surface area (Å²) in [7, 11) is -4.21. The van der Waals surface area contributed by atoms with Gasteiger partial charge in [-0.25, -0.2) is 22.2 Å². The number of nitrogens with zero attached hydrogens (tertiary/aromatic N) is 1. The van der Waals surface area contributed by atoms with Crippen LogP contribution < -0.4 is 10.0 Å². The smallest absolute Gasteiger partial charge is 0.266 e. The standard InChI is InChI=1S/C17H13Cl2F2N3O2S2/c1-9(11-6-10(18)2-3-13(11)20)23-15-8-14(21)16(7-12(15)19)28(25,26)24-17-22-4-5-27-17/h2-9,23H,1H3,(H,22,24). The molecule has 0 fully saturated rings. The van der Waals surface area contributed by atoms with Crippen LogP contribution in [0.4, 0.5) is 19.6 Å². The number of thiazole rings is 1. The van der Waals surface area contributed by atoms with Gasteiger partial charge in [0.25, 0.3) is 10.0 Å². The quantitative estimate of drug-likeness (QED) is 0.491. The van der Waals surface area contributed by atoms with Crippen LogP contribution in [0.1, 0.15) is 18.5 Å². The van der Waals surface area contributed by atoms with Gasteiger partial charge < -0.3 is 5.32 Å². The van der Waals surface area contributed by atoms with E-state index in [0.717, 1.165) is 23.5 Å². The van der Waals surface area contributed by atoms with Crippen molar-refractivity contribution in [2.24, 2.45) is 0 Å². The number of rotatable bonds is 6. The van der Waals surface area contributed by atoms with Crippen LogP contribution in [0.3, 0.4) is 0 Å². The SMILES string of the molecule is CC(Nc1cc(F)c(S(=O)(=O)Nc2nccs2)cc1Cl)c1cc(Cl)ccc1F. The summed E-state index contributed by atoms with van der Waals surface area (Å²) in [4.78, 5) is 3.17. The first-order valence-corrected chi connectivity index (χ1v) is 10.9. The Kier molecular flexibility index (Phi) is 6.09. The van der Waals surface area contributed by atoms with Gasteiger partial charge in [0, 0.05) is 22.2 Å². The lowest BCUT2D eigenvalue weighted by Gasteiger charge is -2.18. The number of nitrogens with one attached hydrogen (secondary N) is 2. The van der Waals surface area contributed by atoms with Gasteiger partial charge >= 0.3 is 0 Å². The first-order chi connectivity index (χ1) is 13.2. The molecule has 1 aromatic heterocycles. The third-order valence-electron chi connectivity index (χ3n) is 3.76. The van der Waals surface area contributed by atoms with Crippen molar-refractivity contribution < 1.29 is 17.2 Å². The second-order valence-electron chi connectivity index (χ2n) is 5.74. The van der Waals surface area contributed by atoms with Crippen LogP contribution in [0.25, 0.3) is 0 Å². The predicted molar refractivity (Wildman–Crippen MR) is 108 cm³/mol. The zero-order valence-corrected chi connectivity index (χ0v) is 17.4. The van der Waals surface area contributed by atoms with Crippen molar-refractivity contribution in [3.63, 3.8) is 0 Å². The van der Waals surface area contributed by atoms with Crippen LogP contribution in [-0.4, -0.2) is 13.4 Å². The molecule has 2 N–H and O–H groups in total. The molecule has 0 amide bonds. The number of halogens is 4. The van der Waals surface area contributed by atoms with Gasteiger partial charge in [-0.1, -0.05) is 23.2 Å². The highest BCUT2D eigenvalue weighted by molar-refractivity contribution is 7.93. The molecule has 3 rings (SSSR count). The molecule has 0 spiro atoms. The largest absolute Gasteiger partial charge is 0.377 e. The molecule has 0 radical (unpaired) electrons. The second kappa shape index (κ2) is 8.20. The summed E-state index contributed by atoms with van der Waals surface area (Å²) >= 11 is 13.1. The van der Waals surface area contributed by atoms with Gasteiger partial charge in [-0.05, 0) is 37.3 Å².